The van der Waals surface area contributed by atoms with Gasteiger partial charge in [-0.05, 0) is 49.2 Å². The average Bonchev–Trinajstić information content (AvgIpc) is 2.64. The molecule has 0 radical (unpaired) electrons. The Kier molecular flexibility index (Phi) is 8.36. The van der Waals surface area contributed by atoms with E-state index in [1.807, 2.05) is 0 Å². The lowest BCUT2D eigenvalue weighted by molar-refractivity contribution is -0.141. The molecule has 0 fully saturated rings. The van der Waals surface area contributed by atoms with Gasteiger partial charge in [0, 0.05) is 0 Å². The van der Waals surface area contributed by atoms with Gasteiger partial charge in [0.1, 0.15) is 11.6 Å². The summed E-state index contributed by atoms with van der Waals surface area (Å²) < 4.78 is 99.2. The molecule has 12 heteroatoms. The van der Waals surface area contributed by atoms with Gasteiger partial charge in [0.25, 0.3) is 0 Å². The molecule has 0 aliphatic rings. The number of hydrogen-bond acceptors (Lipinski definition) is 2. The second-order valence-corrected chi connectivity index (χ2v) is 6.59. The normalized spacial score (nSPS) is 13.6. The first-order chi connectivity index (χ1) is 14.5. The fourth-order valence-electron chi connectivity index (χ4n) is 2.35. The van der Waals surface area contributed by atoms with E-state index >= 15 is 0 Å². The summed E-state index contributed by atoms with van der Waals surface area (Å²) in [5, 5.41) is 17.2. The smallest absolute Gasteiger partial charge is 0.419 e. The summed E-state index contributed by atoms with van der Waals surface area (Å²) >= 11 is 0. The van der Waals surface area contributed by atoms with Crippen LogP contribution in [0.3, 0.4) is 0 Å². The van der Waals surface area contributed by atoms with Crippen molar-refractivity contribution in [1.82, 2.24) is 0 Å². The van der Waals surface area contributed by atoms with Crippen LogP contribution in [0.15, 0.2) is 36.4 Å². The van der Waals surface area contributed by atoms with Crippen molar-refractivity contribution < 1.29 is 54.9 Å². The molecule has 0 aliphatic heterocycles. The predicted molar refractivity (Wildman–Crippen MR) is 94.9 cm³/mol. The molecule has 0 aromatic heterocycles. The molecular weight excluding hydrogens is 456 g/mol. The van der Waals surface area contributed by atoms with Crippen molar-refractivity contribution in [2.45, 2.75) is 38.0 Å². The van der Waals surface area contributed by atoms with Gasteiger partial charge in [-0.25, -0.2) is 8.78 Å². The maximum absolute atomic E-state index is 13.1. The average molecular weight is 472 g/mol. The van der Waals surface area contributed by atoms with Gasteiger partial charge < -0.3 is 10.2 Å². The van der Waals surface area contributed by atoms with Crippen LogP contribution < -0.4 is 0 Å². The minimum atomic E-state index is -4.77. The summed E-state index contributed by atoms with van der Waals surface area (Å²) in [5.74, 6) is -7.46. The maximum Gasteiger partial charge on any atom is 0.419 e. The van der Waals surface area contributed by atoms with Gasteiger partial charge in [-0.2, -0.15) is 26.3 Å². The van der Waals surface area contributed by atoms with Gasteiger partial charge in [-0.15, -0.1) is 0 Å². The van der Waals surface area contributed by atoms with Crippen molar-refractivity contribution >= 4 is 11.9 Å². The topological polar surface area (TPSA) is 74.6 Å². The first-order valence-electron chi connectivity index (χ1n) is 8.65. The van der Waals surface area contributed by atoms with E-state index in [4.69, 9.17) is 10.2 Å². The maximum atomic E-state index is 13.1. The second kappa shape index (κ2) is 9.96. The molecule has 0 heterocycles. The van der Waals surface area contributed by atoms with Crippen LogP contribution >= 0.6 is 0 Å². The van der Waals surface area contributed by atoms with Crippen molar-refractivity contribution in [2.75, 3.05) is 0 Å². The highest BCUT2D eigenvalue weighted by molar-refractivity contribution is 5.76. The van der Waals surface area contributed by atoms with Crippen molar-refractivity contribution in [2.24, 2.45) is 0 Å². The van der Waals surface area contributed by atoms with Crippen LogP contribution in [0, 0.1) is 11.6 Å². The van der Waals surface area contributed by atoms with Crippen molar-refractivity contribution in [3.8, 4) is 0 Å². The van der Waals surface area contributed by atoms with Crippen LogP contribution in [0.25, 0.3) is 0 Å². The van der Waals surface area contributed by atoms with Gasteiger partial charge >= 0.3 is 24.3 Å². The Labute approximate surface area is 176 Å². The molecule has 0 aliphatic carbocycles. The van der Waals surface area contributed by atoms with E-state index in [0.717, 1.165) is 12.1 Å². The fourth-order valence-corrected chi connectivity index (χ4v) is 2.35. The van der Waals surface area contributed by atoms with Gasteiger partial charge in [0.15, 0.2) is 0 Å². The molecule has 0 saturated heterocycles. The second-order valence-electron chi connectivity index (χ2n) is 6.59. The number of aliphatic carboxylic acids is 2. The zero-order valence-electron chi connectivity index (χ0n) is 16.4. The van der Waals surface area contributed by atoms with Crippen LogP contribution in [0.5, 0.6) is 0 Å². The lowest BCUT2D eigenvalue weighted by Gasteiger charge is -2.11. The molecule has 0 spiro atoms. The molecule has 2 unspecified atom stereocenters. The predicted octanol–water partition coefficient (Wildman–Crippen LogP) is 6.07. The Hall–Kier alpha value is -3.18. The molecule has 0 amide bonds. The number of rotatable bonds is 4. The number of carboxylic acid groups (broad SMARTS) is 2. The highest BCUT2D eigenvalue weighted by Crippen LogP contribution is 2.33. The molecule has 4 nitrogen and oxygen atoms in total. The van der Waals surface area contributed by atoms with Gasteiger partial charge in [0.2, 0.25) is 0 Å². The molecule has 0 saturated carbocycles. The molecule has 2 atom stereocenters. The minimum Gasteiger partial charge on any atom is -0.481 e. The summed E-state index contributed by atoms with van der Waals surface area (Å²) in [7, 11) is 0. The molecule has 2 rings (SSSR count). The zero-order valence-corrected chi connectivity index (χ0v) is 16.4. The van der Waals surface area contributed by atoms with Gasteiger partial charge in [0.05, 0.1) is 23.0 Å². The summed E-state index contributed by atoms with van der Waals surface area (Å²) in [6.45, 7) is 2.54. The standard InChI is InChI=1S/2C10H8F4O2/c2*1-5(9(15)16)6-2-3-7(8(11)4-6)10(12,13)14/h2*2-5H,1H3,(H,15,16). The van der Waals surface area contributed by atoms with Crippen LogP contribution in [0.1, 0.15) is 47.9 Å². The third-order valence-corrected chi connectivity index (χ3v) is 4.34. The lowest BCUT2D eigenvalue weighted by atomic mass is 9.99. The van der Waals surface area contributed by atoms with E-state index in [1.54, 1.807) is 0 Å². The van der Waals surface area contributed by atoms with Crippen molar-refractivity contribution in [3.05, 3.63) is 70.3 Å². The minimum absolute atomic E-state index is 0.00185. The number of halogens is 8. The van der Waals surface area contributed by atoms with E-state index in [1.165, 1.54) is 13.8 Å². The first kappa shape index (κ1) is 26.9. The molecular formula is C20H16F8O4. The molecule has 176 valence electrons. The highest BCUT2D eigenvalue weighted by atomic mass is 19.4. The number of benzene rings is 2. The number of alkyl halides is 6. The SMILES string of the molecule is CC(C(=O)O)c1ccc(C(F)(F)F)c(F)c1.CC(C(=O)O)c1ccc(C(F)(F)F)c(F)c1. The van der Waals surface area contributed by atoms with Crippen molar-refractivity contribution in [1.29, 1.82) is 0 Å². The largest absolute Gasteiger partial charge is 0.481 e. The summed E-state index contributed by atoms with van der Waals surface area (Å²) in [6.07, 6.45) is -9.54. The molecule has 2 N–H and O–H groups in total. The quantitative estimate of drug-likeness (QED) is 0.530. The van der Waals surface area contributed by atoms with E-state index in [9.17, 15) is 44.7 Å². The highest BCUT2D eigenvalue weighted by Gasteiger charge is 2.35. The Bertz CT molecular complexity index is 903. The van der Waals surface area contributed by atoms with Crippen LogP contribution in [-0.4, -0.2) is 22.2 Å². The molecule has 2 aromatic rings. The molecule has 32 heavy (non-hydrogen) atoms. The van der Waals surface area contributed by atoms with Crippen LogP contribution in [-0.2, 0) is 21.9 Å². The van der Waals surface area contributed by atoms with Gasteiger partial charge in [-0.3, -0.25) is 9.59 Å². The Morgan fingerprint density at radius 2 is 0.969 bits per heavy atom. The van der Waals surface area contributed by atoms with Crippen molar-refractivity contribution in [3.63, 3.8) is 0 Å². The monoisotopic (exact) mass is 472 g/mol. The number of carboxylic acids is 2. The van der Waals surface area contributed by atoms with E-state index in [2.05, 4.69) is 0 Å². The summed E-state index contributed by atoms with van der Waals surface area (Å²) in [6, 6.07) is 4.22. The number of hydrogen-bond donors (Lipinski definition) is 2. The van der Waals surface area contributed by atoms with E-state index < -0.39 is 58.9 Å². The van der Waals surface area contributed by atoms with E-state index in [-0.39, 0.29) is 11.1 Å². The third kappa shape index (κ3) is 6.92. The van der Waals surface area contributed by atoms with Crippen LogP contribution in [0.2, 0.25) is 0 Å². The lowest BCUT2D eigenvalue weighted by Crippen LogP contribution is -2.11. The van der Waals surface area contributed by atoms with Gasteiger partial charge in [-0.1, -0.05) is 12.1 Å². The molecule has 2 aromatic carbocycles. The summed E-state index contributed by atoms with van der Waals surface area (Å²) in [4.78, 5) is 21.1. The van der Waals surface area contributed by atoms with E-state index in [0.29, 0.717) is 24.3 Å². The molecule has 0 bridgehead atoms. The first-order valence-corrected chi connectivity index (χ1v) is 8.65. The number of carbonyl (C=O) groups is 2. The fraction of sp³-hybridized carbons (Fsp3) is 0.300. The summed E-state index contributed by atoms with van der Waals surface area (Å²) in [5.41, 5.74) is -2.79. The zero-order chi connectivity index (χ0) is 25.0. The Morgan fingerprint density at radius 3 is 1.16 bits per heavy atom. The Balaban J connectivity index is 0.000000320. The van der Waals surface area contributed by atoms with Crippen LogP contribution in [0.4, 0.5) is 35.1 Å². The third-order valence-electron chi connectivity index (χ3n) is 4.34. The Morgan fingerprint density at radius 1 is 0.688 bits per heavy atom.